The smallest absolute Gasteiger partial charge is 0.319 e. The lowest BCUT2D eigenvalue weighted by Gasteiger charge is -2.18. The van der Waals surface area contributed by atoms with Gasteiger partial charge in [0.2, 0.25) is 0 Å². The van der Waals surface area contributed by atoms with Crippen LogP contribution in [0.1, 0.15) is 35.5 Å². The highest BCUT2D eigenvalue weighted by Gasteiger charge is 2.35. The Balaban J connectivity index is 2.48. The Hall–Kier alpha value is -1.82. The molecule has 1 heterocycles. The maximum Gasteiger partial charge on any atom is 0.416 e. The lowest BCUT2D eigenvalue weighted by molar-refractivity contribution is -0.138. The van der Waals surface area contributed by atoms with Crippen LogP contribution < -0.4 is 5.73 Å². The molecule has 108 valence electrons. The molecular weight excluding hydrogens is 267 g/mol. The molecule has 3 nitrogen and oxygen atoms in total. The van der Waals surface area contributed by atoms with Gasteiger partial charge in [-0.15, -0.1) is 0 Å². The molecule has 0 spiro atoms. The van der Waals surface area contributed by atoms with Gasteiger partial charge in [-0.1, -0.05) is 25.1 Å². The van der Waals surface area contributed by atoms with Crippen LogP contribution in [0.2, 0.25) is 0 Å². The summed E-state index contributed by atoms with van der Waals surface area (Å²) in [5.74, 6) is 0. The van der Waals surface area contributed by atoms with E-state index in [1.807, 2.05) is 6.92 Å². The first-order chi connectivity index (χ1) is 9.34. The Bertz CT molecular complexity index is 602. The number of nitrogens with two attached hydrogens (primary N) is 1. The van der Waals surface area contributed by atoms with Crippen molar-refractivity contribution >= 4 is 0 Å². The van der Waals surface area contributed by atoms with Crippen molar-refractivity contribution in [3.8, 4) is 0 Å². The molecule has 1 atom stereocenters. The third kappa shape index (κ3) is 2.70. The summed E-state index contributed by atoms with van der Waals surface area (Å²) in [5.41, 5.74) is 6.76. The van der Waals surface area contributed by atoms with Crippen LogP contribution in [-0.2, 0) is 19.6 Å². The van der Waals surface area contributed by atoms with Gasteiger partial charge in [-0.3, -0.25) is 4.68 Å². The number of alkyl halides is 3. The van der Waals surface area contributed by atoms with Gasteiger partial charge in [-0.05, 0) is 24.1 Å². The largest absolute Gasteiger partial charge is 0.416 e. The van der Waals surface area contributed by atoms with Crippen molar-refractivity contribution in [3.05, 3.63) is 52.8 Å². The van der Waals surface area contributed by atoms with Gasteiger partial charge in [0.1, 0.15) is 0 Å². The van der Waals surface area contributed by atoms with E-state index in [1.165, 1.54) is 16.8 Å². The molecule has 2 rings (SSSR count). The molecule has 2 N–H and O–H groups in total. The van der Waals surface area contributed by atoms with Crippen LogP contribution >= 0.6 is 0 Å². The number of hydrogen-bond donors (Lipinski definition) is 1. The average molecular weight is 283 g/mol. The molecule has 0 aliphatic heterocycles. The summed E-state index contributed by atoms with van der Waals surface area (Å²) in [6.45, 7) is 1.93. The fraction of sp³-hybridized carbons (Fsp3) is 0.357. The number of halogens is 3. The van der Waals surface area contributed by atoms with Crippen LogP contribution in [0.15, 0.2) is 30.3 Å². The van der Waals surface area contributed by atoms with Crippen LogP contribution in [0.5, 0.6) is 0 Å². The number of rotatable bonds is 3. The first kappa shape index (κ1) is 14.6. The fourth-order valence-corrected chi connectivity index (χ4v) is 2.19. The highest BCUT2D eigenvalue weighted by Crippen LogP contribution is 2.35. The standard InChI is InChI=1S/C14H16F3N3/c1-3-9-8-12(20(2)19-9)13(18)10-6-4-5-7-11(10)14(15,16)17/h4-8,13H,3,18H2,1-2H3. The van der Waals surface area contributed by atoms with Crippen molar-refractivity contribution in [3.63, 3.8) is 0 Å². The van der Waals surface area contributed by atoms with Gasteiger partial charge in [0.15, 0.2) is 0 Å². The Kier molecular flexibility index (Phi) is 3.85. The lowest BCUT2D eigenvalue weighted by Crippen LogP contribution is -2.20. The predicted octanol–water partition coefficient (Wildman–Crippen LogP) is 3.05. The number of aromatic nitrogens is 2. The molecule has 2 aromatic rings. The average Bonchev–Trinajstić information content (AvgIpc) is 2.78. The van der Waals surface area contributed by atoms with E-state index in [0.717, 1.165) is 11.8 Å². The summed E-state index contributed by atoms with van der Waals surface area (Å²) in [5, 5.41) is 4.22. The Morgan fingerprint density at radius 1 is 1.30 bits per heavy atom. The van der Waals surface area contributed by atoms with Crippen molar-refractivity contribution in [2.75, 3.05) is 0 Å². The quantitative estimate of drug-likeness (QED) is 0.941. The molecule has 20 heavy (non-hydrogen) atoms. The van der Waals surface area contributed by atoms with Gasteiger partial charge in [0.05, 0.1) is 23.0 Å². The minimum absolute atomic E-state index is 0.0608. The van der Waals surface area contributed by atoms with E-state index in [1.54, 1.807) is 19.2 Å². The van der Waals surface area contributed by atoms with E-state index in [9.17, 15) is 13.2 Å². The maximum atomic E-state index is 13.0. The van der Waals surface area contributed by atoms with Crippen molar-refractivity contribution in [2.24, 2.45) is 12.8 Å². The zero-order chi connectivity index (χ0) is 14.9. The predicted molar refractivity (Wildman–Crippen MR) is 70.1 cm³/mol. The molecule has 0 aliphatic rings. The molecule has 0 amide bonds. The highest BCUT2D eigenvalue weighted by molar-refractivity contribution is 5.37. The first-order valence-electron chi connectivity index (χ1n) is 6.29. The van der Waals surface area contributed by atoms with Gasteiger partial charge in [0, 0.05) is 7.05 Å². The Morgan fingerprint density at radius 2 is 1.95 bits per heavy atom. The van der Waals surface area contributed by atoms with E-state index in [2.05, 4.69) is 5.10 Å². The molecule has 0 saturated heterocycles. The second-order valence-electron chi connectivity index (χ2n) is 4.60. The van der Waals surface area contributed by atoms with Crippen LogP contribution in [0.25, 0.3) is 0 Å². The third-order valence-corrected chi connectivity index (χ3v) is 3.25. The van der Waals surface area contributed by atoms with Gasteiger partial charge >= 0.3 is 6.18 Å². The van der Waals surface area contributed by atoms with Gasteiger partial charge in [-0.2, -0.15) is 18.3 Å². The number of hydrogen-bond acceptors (Lipinski definition) is 2. The molecule has 6 heteroatoms. The Labute approximate surface area is 115 Å². The molecule has 1 aromatic heterocycles. The van der Waals surface area contributed by atoms with Crippen molar-refractivity contribution in [1.82, 2.24) is 9.78 Å². The highest BCUT2D eigenvalue weighted by atomic mass is 19.4. The van der Waals surface area contributed by atoms with Crippen LogP contribution in [-0.4, -0.2) is 9.78 Å². The Morgan fingerprint density at radius 3 is 2.50 bits per heavy atom. The van der Waals surface area contributed by atoms with E-state index >= 15 is 0 Å². The van der Waals surface area contributed by atoms with Gasteiger partial charge < -0.3 is 5.73 Å². The first-order valence-corrected chi connectivity index (χ1v) is 6.29. The summed E-state index contributed by atoms with van der Waals surface area (Å²) < 4.78 is 40.6. The normalized spacial score (nSPS) is 13.5. The SMILES string of the molecule is CCc1cc(C(N)c2ccccc2C(F)(F)F)n(C)n1. The van der Waals surface area contributed by atoms with Crippen LogP contribution in [0, 0.1) is 0 Å². The number of benzene rings is 1. The molecule has 1 aromatic carbocycles. The van der Waals surface area contributed by atoms with Gasteiger partial charge in [-0.25, -0.2) is 0 Å². The maximum absolute atomic E-state index is 13.0. The van der Waals surface area contributed by atoms with Crippen LogP contribution in [0.4, 0.5) is 13.2 Å². The summed E-state index contributed by atoms with van der Waals surface area (Å²) in [6, 6.07) is 6.27. The zero-order valence-corrected chi connectivity index (χ0v) is 11.3. The van der Waals surface area contributed by atoms with Gasteiger partial charge in [0.25, 0.3) is 0 Å². The molecule has 1 unspecified atom stereocenters. The molecular formula is C14H16F3N3. The van der Waals surface area contributed by atoms with Crippen molar-refractivity contribution in [1.29, 1.82) is 0 Å². The summed E-state index contributed by atoms with van der Waals surface area (Å²) in [6.07, 6.45) is -3.71. The van der Waals surface area contributed by atoms with E-state index < -0.39 is 17.8 Å². The van der Waals surface area contributed by atoms with E-state index in [4.69, 9.17) is 5.73 Å². The van der Waals surface area contributed by atoms with E-state index in [-0.39, 0.29) is 5.56 Å². The fourth-order valence-electron chi connectivity index (χ4n) is 2.19. The van der Waals surface area contributed by atoms with Crippen molar-refractivity contribution in [2.45, 2.75) is 25.6 Å². The topological polar surface area (TPSA) is 43.8 Å². The number of nitrogens with zero attached hydrogens (tertiary/aromatic N) is 2. The minimum atomic E-state index is -4.42. The van der Waals surface area contributed by atoms with Crippen LogP contribution in [0.3, 0.4) is 0 Å². The summed E-state index contributed by atoms with van der Waals surface area (Å²) in [4.78, 5) is 0. The molecule has 0 saturated carbocycles. The monoisotopic (exact) mass is 283 g/mol. The molecule has 0 radical (unpaired) electrons. The van der Waals surface area contributed by atoms with Crippen molar-refractivity contribution < 1.29 is 13.2 Å². The number of aryl methyl sites for hydroxylation is 2. The molecule has 0 aliphatic carbocycles. The minimum Gasteiger partial charge on any atom is -0.319 e. The lowest BCUT2D eigenvalue weighted by atomic mass is 9.98. The second-order valence-corrected chi connectivity index (χ2v) is 4.60. The second kappa shape index (κ2) is 5.28. The molecule has 0 bridgehead atoms. The molecule has 0 fully saturated rings. The van der Waals surface area contributed by atoms with E-state index in [0.29, 0.717) is 12.1 Å². The third-order valence-electron chi connectivity index (χ3n) is 3.25. The zero-order valence-electron chi connectivity index (χ0n) is 11.3. The summed E-state index contributed by atoms with van der Waals surface area (Å²) >= 11 is 0. The summed E-state index contributed by atoms with van der Waals surface area (Å²) in [7, 11) is 1.69.